The standard InChI is InChI=1S/C52H81N15O15S4/c1-6-12-30-50(79)66-15-10-14-38(66)48(77)64-36(52(81)82)24-86-85-22-34-45(74)61-32(20-68)43(72)60-31(17-27-19-54-25-55-27)51(80)67-16-11-13-37(67)47(76)57-28(8-3)42(71)62-35(23-84-83-21-33(44(73)63-34)56-39(69)18-53)46(75)65-40(26(5)7-2)49(78)58-29(9-4)41(70)59-30/h19,25-26,28-38,40,68H,6-18,20-24,53H2,1-5H3,(H,54,55)(H,56,69)(H,57,76)(H,58,78)(H,59,70)(H,60,72)(H,61,74)(H,62,71)(H,63,73)(H,64,77)(H,65,75)(H,81,82)/t26-,28+,29+,30+,31+,32+,33+,34+,35+,36+,37+,38+,40+/m1/s1. The molecule has 4 saturated heterocycles. The minimum atomic E-state index is -1.78. The Labute approximate surface area is 513 Å². The SMILES string of the molecule is CCC[C@@H]1NC(=O)[C@H](CC)NC(=O)[C@H]([C@H](C)CC)NC(=O)[C@@H]2CSSC[C@H](NC(=O)CN)C(=O)N[C@@H](CSSC[C@@H](C(=O)O)NC(=O)[C@@H]3CCCN3C1=O)C(=O)N[C@@H](CO)C(=O)N[C@@H](Cc1cnc[nH]1)C(=O)N1CCC[C@H]1C(=O)N[C@@H](CC)C(=O)N2. The van der Waals surface area contributed by atoms with Crippen LogP contribution in [0.5, 0.6) is 0 Å². The monoisotopic (exact) mass is 1280 g/mol. The minimum absolute atomic E-state index is 0.0169. The molecule has 0 unspecified atom stereocenters. The van der Waals surface area contributed by atoms with Crippen LogP contribution in [0, 0.1) is 5.92 Å². The van der Waals surface area contributed by atoms with E-state index in [1.165, 1.54) is 22.3 Å². The molecule has 4 aliphatic heterocycles. The zero-order valence-electron chi connectivity index (χ0n) is 48.6. The lowest BCUT2D eigenvalue weighted by Gasteiger charge is -2.31. The summed E-state index contributed by atoms with van der Waals surface area (Å²) in [6.45, 7) is 6.97. The number of carbonyl (C=O) groups is 13. The Hall–Kier alpha value is -6.36. The van der Waals surface area contributed by atoms with Crippen molar-refractivity contribution < 1.29 is 72.5 Å². The molecule has 0 radical (unpaired) electrons. The molecule has 34 heteroatoms. The Morgan fingerprint density at radius 3 is 1.67 bits per heavy atom. The van der Waals surface area contributed by atoms with Crippen LogP contribution in [0.2, 0.25) is 0 Å². The number of carboxylic acid groups (broad SMARTS) is 1. The highest BCUT2D eigenvalue weighted by Crippen LogP contribution is 2.27. The van der Waals surface area contributed by atoms with Gasteiger partial charge in [-0.1, -0.05) is 90.6 Å². The third-order valence-corrected chi connectivity index (χ3v) is 19.8. The van der Waals surface area contributed by atoms with Crippen LogP contribution >= 0.6 is 43.2 Å². The third kappa shape index (κ3) is 19.8. The number of carbonyl (C=O) groups excluding carboxylic acids is 12. The summed E-state index contributed by atoms with van der Waals surface area (Å²) in [5.41, 5.74) is 6.01. The fourth-order valence-electron chi connectivity index (χ4n) is 9.82. The Morgan fingerprint density at radius 2 is 1.13 bits per heavy atom. The van der Waals surface area contributed by atoms with Gasteiger partial charge in [0.05, 0.1) is 19.5 Å². The Bertz CT molecular complexity index is 2590. The molecule has 5 rings (SSSR count). The number of carboxylic acids is 1. The van der Waals surface area contributed by atoms with Gasteiger partial charge in [-0.15, -0.1) is 0 Å². The van der Waals surface area contributed by atoms with E-state index in [2.05, 4.69) is 63.1 Å². The van der Waals surface area contributed by atoms with Crippen LogP contribution in [0.25, 0.3) is 0 Å². The zero-order valence-corrected chi connectivity index (χ0v) is 51.9. The number of aromatic nitrogens is 2. The summed E-state index contributed by atoms with van der Waals surface area (Å²) >= 11 is 0. The molecular formula is C52H81N15O15S4. The van der Waals surface area contributed by atoms with E-state index in [1.54, 1.807) is 34.6 Å². The summed E-state index contributed by atoms with van der Waals surface area (Å²) in [7, 11) is 3.64. The van der Waals surface area contributed by atoms with Gasteiger partial charge in [-0.2, -0.15) is 0 Å². The molecule has 15 N–H and O–H groups in total. The molecular weight excluding hydrogens is 1200 g/mol. The molecule has 12 amide bonds. The van der Waals surface area contributed by atoms with Gasteiger partial charge in [0.1, 0.15) is 72.5 Å². The molecule has 0 saturated carbocycles. The molecule has 86 heavy (non-hydrogen) atoms. The average molecular weight is 1280 g/mol. The lowest BCUT2D eigenvalue weighted by atomic mass is 9.97. The number of fused-ring (bicyclic) bond motifs is 10. The van der Waals surface area contributed by atoms with Crippen molar-refractivity contribution in [3.05, 3.63) is 18.2 Å². The second-order valence-corrected chi connectivity index (χ2v) is 26.2. The number of hydrogen-bond donors (Lipinski definition) is 14. The minimum Gasteiger partial charge on any atom is -0.480 e. The molecule has 0 aromatic carbocycles. The lowest BCUT2D eigenvalue weighted by Crippen LogP contribution is -2.61. The van der Waals surface area contributed by atoms with E-state index < -0.39 is 168 Å². The number of hydrogen-bond acceptors (Lipinski definition) is 20. The van der Waals surface area contributed by atoms with Gasteiger partial charge in [0, 0.05) is 54.4 Å². The van der Waals surface area contributed by atoms with E-state index >= 15 is 0 Å². The van der Waals surface area contributed by atoms with Crippen molar-refractivity contribution in [2.24, 2.45) is 11.7 Å². The molecule has 4 fully saturated rings. The van der Waals surface area contributed by atoms with Gasteiger partial charge in [-0.3, -0.25) is 57.5 Å². The van der Waals surface area contributed by atoms with E-state index in [9.17, 15) is 72.5 Å². The molecule has 1 aromatic rings. The average Bonchev–Trinajstić information content (AvgIpc) is 3.39. The van der Waals surface area contributed by atoms with Crippen LogP contribution in [0.15, 0.2) is 12.5 Å². The summed E-state index contributed by atoms with van der Waals surface area (Å²) in [6, 6.07) is -16.7. The molecule has 1 aromatic heterocycles. The number of aliphatic hydroxyl groups excluding tert-OH is 1. The second-order valence-electron chi connectivity index (χ2n) is 21.1. The topological polar surface area (TPSA) is 444 Å². The van der Waals surface area contributed by atoms with Crippen LogP contribution in [0.4, 0.5) is 0 Å². The molecule has 2 bridgehead atoms. The normalized spacial score (nSPS) is 29.5. The van der Waals surface area contributed by atoms with E-state index in [0.29, 0.717) is 31.4 Å². The maximum Gasteiger partial charge on any atom is 0.327 e. The quantitative estimate of drug-likeness (QED) is 0.0895. The largest absolute Gasteiger partial charge is 0.480 e. The molecule has 4 aliphatic rings. The van der Waals surface area contributed by atoms with Gasteiger partial charge in [0.15, 0.2) is 0 Å². The summed E-state index contributed by atoms with van der Waals surface area (Å²) in [4.78, 5) is 192. The number of imidazole rings is 1. The molecule has 0 spiro atoms. The summed E-state index contributed by atoms with van der Waals surface area (Å²) < 4.78 is 0. The number of H-pyrrole nitrogens is 1. The van der Waals surface area contributed by atoms with Gasteiger partial charge < -0.3 is 83.9 Å². The number of aliphatic carboxylic acids is 1. The summed E-state index contributed by atoms with van der Waals surface area (Å²) in [6.07, 6.45) is 4.39. The van der Waals surface area contributed by atoms with Crippen molar-refractivity contribution in [3.63, 3.8) is 0 Å². The first-order valence-electron chi connectivity index (χ1n) is 28.7. The fraction of sp³-hybridized carbons (Fsp3) is 0.692. The van der Waals surface area contributed by atoms with Gasteiger partial charge in [-0.05, 0) is 50.9 Å². The van der Waals surface area contributed by atoms with Crippen molar-refractivity contribution >= 4 is 120 Å². The summed E-state index contributed by atoms with van der Waals surface area (Å²) in [5, 5.41) is 47.1. The van der Waals surface area contributed by atoms with E-state index in [-0.39, 0.29) is 74.6 Å². The highest BCUT2D eigenvalue weighted by Gasteiger charge is 2.43. The van der Waals surface area contributed by atoms with E-state index in [0.717, 1.165) is 43.2 Å². The number of rotatable bonds is 12. The predicted molar refractivity (Wildman–Crippen MR) is 320 cm³/mol. The molecule has 0 aliphatic carbocycles. The first-order valence-corrected chi connectivity index (χ1v) is 33.7. The van der Waals surface area contributed by atoms with Crippen molar-refractivity contribution in [1.82, 2.24) is 72.9 Å². The highest BCUT2D eigenvalue weighted by molar-refractivity contribution is 8.77. The van der Waals surface area contributed by atoms with Crippen LogP contribution in [-0.2, 0) is 68.7 Å². The first-order chi connectivity index (χ1) is 41.1. The number of aliphatic hydroxyl groups is 1. The van der Waals surface area contributed by atoms with Crippen molar-refractivity contribution in [2.45, 2.75) is 171 Å². The van der Waals surface area contributed by atoms with Gasteiger partial charge in [-0.25, -0.2) is 9.78 Å². The van der Waals surface area contributed by atoms with Crippen molar-refractivity contribution in [1.29, 1.82) is 0 Å². The smallest absolute Gasteiger partial charge is 0.327 e. The molecule has 5 heterocycles. The zero-order chi connectivity index (χ0) is 63.2. The number of aromatic amines is 1. The van der Waals surface area contributed by atoms with Crippen molar-refractivity contribution in [3.8, 4) is 0 Å². The molecule has 478 valence electrons. The van der Waals surface area contributed by atoms with Crippen LogP contribution in [-0.4, -0.2) is 229 Å². The molecule has 13 atom stereocenters. The number of nitrogens with two attached hydrogens (primary N) is 1. The molecule has 30 nitrogen and oxygen atoms in total. The maximum absolute atomic E-state index is 14.7. The predicted octanol–water partition coefficient (Wildman–Crippen LogP) is -3.73. The van der Waals surface area contributed by atoms with Crippen LogP contribution in [0.1, 0.15) is 98.1 Å². The number of amides is 12. The number of nitrogens with zero attached hydrogens (tertiary/aromatic N) is 3. The van der Waals surface area contributed by atoms with E-state index in [1.807, 2.05) is 0 Å². The second kappa shape index (κ2) is 34.8. The first kappa shape index (κ1) is 70.4. The van der Waals surface area contributed by atoms with Gasteiger partial charge in [0.2, 0.25) is 70.9 Å². The third-order valence-electron chi connectivity index (χ3n) is 15.0. The van der Waals surface area contributed by atoms with Gasteiger partial charge >= 0.3 is 5.97 Å². The highest BCUT2D eigenvalue weighted by atomic mass is 33.1. The lowest BCUT2D eigenvalue weighted by molar-refractivity contribution is -0.144. The summed E-state index contributed by atoms with van der Waals surface area (Å²) in [5.74, 6) is -13.3. The Kier molecular flexibility index (Phi) is 28.5. The van der Waals surface area contributed by atoms with E-state index in [4.69, 9.17) is 5.73 Å². The Balaban J connectivity index is 1.62. The van der Waals surface area contributed by atoms with Crippen LogP contribution < -0.4 is 58.9 Å². The number of nitrogens with one attached hydrogen (secondary N) is 11. The van der Waals surface area contributed by atoms with Crippen molar-refractivity contribution in [2.75, 3.05) is 49.3 Å². The Morgan fingerprint density at radius 1 is 0.628 bits per heavy atom. The van der Waals surface area contributed by atoms with Crippen LogP contribution in [0.3, 0.4) is 0 Å². The maximum atomic E-state index is 14.7. The van der Waals surface area contributed by atoms with Gasteiger partial charge in [0.25, 0.3) is 0 Å². The fourth-order valence-corrected chi connectivity index (χ4v) is 14.5.